The molecule has 0 aliphatic heterocycles. The molecule has 5 nitrogen and oxygen atoms in total. The van der Waals surface area contributed by atoms with Crippen LogP contribution in [0.5, 0.6) is 5.75 Å². The van der Waals surface area contributed by atoms with Gasteiger partial charge in [-0.1, -0.05) is 6.07 Å². The van der Waals surface area contributed by atoms with E-state index in [2.05, 4.69) is 5.32 Å². The predicted molar refractivity (Wildman–Crippen MR) is 66.7 cm³/mol. The number of carbonyl (C=O) groups is 2. The van der Waals surface area contributed by atoms with E-state index in [9.17, 15) is 9.59 Å². The van der Waals surface area contributed by atoms with Crippen LogP contribution in [0.15, 0.2) is 18.2 Å². The molecule has 0 heterocycles. The molecule has 0 aliphatic rings. The van der Waals surface area contributed by atoms with Gasteiger partial charge in [-0.2, -0.15) is 0 Å². The summed E-state index contributed by atoms with van der Waals surface area (Å²) >= 11 is 0. The highest BCUT2D eigenvalue weighted by molar-refractivity contribution is 5.84. The van der Waals surface area contributed by atoms with Gasteiger partial charge in [0.15, 0.2) is 6.61 Å². The van der Waals surface area contributed by atoms with E-state index < -0.39 is 17.9 Å². The van der Waals surface area contributed by atoms with Crippen LogP contribution in [0.1, 0.15) is 18.1 Å². The van der Waals surface area contributed by atoms with Crippen molar-refractivity contribution in [1.29, 1.82) is 0 Å². The van der Waals surface area contributed by atoms with E-state index >= 15 is 0 Å². The number of carbonyl (C=O) groups excluding carboxylic acids is 1. The van der Waals surface area contributed by atoms with Gasteiger partial charge in [0.05, 0.1) is 0 Å². The third kappa shape index (κ3) is 4.08. The van der Waals surface area contributed by atoms with E-state index in [0.717, 1.165) is 11.1 Å². The molecule has 0 radical (unpaired) electrons. The minimum Gasteiger partial charge on any atom is -0.484 e. The van der Waals surface area contributed by atoms with Gasteiger partial charge in [0.25, 0.3) is 5.91 Å². The molecule has 0 fully saturated rings. The maximum atomic E-state index is 11.4. The first-order chi connectivity index (χ1) is 8.40. The highest BCUT2D eigenvalue weighted by Crippen LogP contribution is 2.16. The van der Waals surface area contributed by atoms with Crippen molar-refractivity contribution in [3.8, 4) is 5.75 Å². The molecule has 1 atom stereocenters. The number of rotatable bonds is 5. The molecule has 0 bridgehead atoms. The number of benzene rings is 1. The zero-order valence-corrected chi connectivity index (χ0v) is 10.7. The first kappa shape index (κ1) is 14.0. The summed E-state index contributed by atoms with van der Waals surface area (Å²) in [6, 6.07) is 4.60. The maximum Gasteiger partial charge on any atom is 0.325 e. The predicted octanol–water partition coefficient (Wildman–Crippen LogP) is 1.27. The van der Waals surface area contributed by atoms with E-state index in [1.165, 1.54) is 6.92 Å². The van der Waals surface area contributed by atoms with Crippen molar-refractivity contribution in [2.45, 2.75) is 26.8 Å². The van der Waals surface area contributed by atoms with Crippen LogP contribution in [0.3, 0.4) is 0 Å². The number of hydrogen-bond acceptors (Lipinski definition) is 3. The summed E-state index contributed by atoms with van der Waals surface area (Å²) in [6.45, 7) is 5.14. The standard InChI is InChI=1S/C13H17NO4/c1-8-4-5-11(6-9(8)2)18-7-12(15)14-10(3)13(16)17/h4-6,10H,7H2,1-3H3,(H,14,15)(H,16,17). The average molecular weight is 251 g/mol. The van der Waals surface area contributed by atoms with Crippen LogP contribution >= 0.6 is 0 Å². The normalized spacial score (nSPS) is 11.7. The topological polar surface area (TPSA) is 75.6 Å². The molecule has 1 aromatic carbocycles. The SMILES string of the molecule is Cc1ccc(OCC(=O)NC(C)C(=O)O)cc1C. The van der Waals surface area contributed by atoms with Gasteiger partial charge in [-0.15, -0.1) is 0 Å². The fourth-order valence-electron chi connectivity index (χ4n) is 1.30. The third-order valence-corrected chi connectivity index (χ3v) is 2.60. The molecule has 0 aliphatic carbocycles. The van der Waals surface area contributed by atoms with Gasteiger partial charge in [0.1, 0.15) is 11.8 Å². The lowest BCUT2D eigenvalue weighted by atomic mass is 10.1. The lowest BCUT2D eigenvalue weighted by Gasteiger charge is -2.11. The van der Waals surface area contributed by atoms with Gasteiger partial charge in [0.2, 0.25) is 0 Å². The number of aryl methyl sites for hydroxylation is 2. The van der Waals surface area contributed by atoms with Crippen LogP contribution in [0.2, 0.25) is 0 Å². The quantitative estimate of drug-likeness (QED) is 0.826. The number of carboxylic acid groups (broad SMARTS) is 1. The molecule has 0 aromatic heterocycles. The van der Waals surface area contributed by atoms with Crippen molar-refractivity contribution < 1.29 is 19.4 Å². The van der Waals surface area contributed by atoms with Gasteiger partial charge in [-0.25, -0.2) is 0 Å². The second-order valence-electron chi connectivity index (χ2n) is 4.16. The van der Waals surface area contributed by atoms with E-state index in [-0.39, 0.29) is 6.61 Å². The van der Waals surface area contributed by atoms with E-state index in [1.54, 1.807) is 6.07 Å². The summed E-state index contributed by atoms with van der Waals surface area (Å²) in [6.07, 6.45) is 0. The highest BCUT2D eigenvalue weighted by atomic mass is 16.5. The Morgan fingerprint density at radius 2 is 2.00 bits per heavy atom. The molecule has 1 amide bonds. The molecule has 5 heteroatoms. The molecule has 0 saturated carbocycles. The average Bonchev–Trinajstić information content (AvgIpc) is 2.30. The van der Waals surface area contributed by atoms with Crippen molar-refractivity contribution in [2.75, 3.05) is 6.61 Å². The lowest BCUT2D eigenvalue weighted by molar-refractivity contribution is -0.141. The van der Waals surface area contributed by atoms with Gasteiger partial charge in [0, 0.05) is 0 Å². The monoisotopic (exact) mass is 251 g/mol. The lowest BCUT2D eigenvalue weighted by Crippen LogP contribution is -2.40. The largest absolute Gasteiger partial charge is 0.484 e. The molecule has 0 saturated heterocycles. The Morgan fingerprint density at radius 3 is 2.56 bits per heavy atom. The molecule has 18 heavy (non-hydrogen) atoms. The maximum absolute atomic E-state index is 11.4. The molecule has 1 rings (SSSR count). The molecular formula is C13H17NO4. The van der Waals surface area contributed by atoms with Crippen LogP contribution in [0.4, 0.5) is 0 Å². The van der Waals surface area contributed by atoms with E-state index in [4.69, 9.17) is 9.84 Å². The zero-order chi connectivity index (χ0) is 13.7. The Balaban J connectivity index is 2.47. The van der Waals surface area contributed by atoms with E-state index in [1.807, 2.05) is 26.0 Å². The van der Waals surface area contributed by atoms with Crippen molar-refractivity contribution >= 4 is 11.9 Å². The van der Waals surface area contributed by atoms with Crippen LogP contribution in [0, 0.1) is 13.8 Å². The van der Waals surface area contributed by atoms with Crippen molar-refractivity contribution in [2.24, 2.45) is 0 Å². The Kier molecular flexibility index (Phi) is 4.71. The summed E-state index contributed by atoms with van der Waals surface area (Å²) in [5.74, 6) is -0.936. The third-order valence-electron chi connectivity index (χ3n) is 2.60. The number of nitrogens with one attached hydrogen (secondary N) is 1. The Labute approximate surface area is 106 Å². The molecule has 1 aromatic rings. The smallest absolute Gasteiger partial charge is 0.325 e. The van der Waals surface area contributed by atoms with Gasteiger partial charge in [-0.05, 0) is 44.0 Å². The minimum absolute atomic E-state index is 0.194. The Bertz CT molecular complexity index is 456. The summed E-state index contributed by atoms with van der Waals surface area (Å²) in [5, 5.41) is 10.9. The summed E-state index contributed by atoms with van der Waals surface area (Å²) in [7, 11) is 0. The number of amides is 1. The van der Waals surface area contributed by atoms with Crippen LogP contribution in [-0.4, -0.2) is 29.6 Å². The second kappa shape index (κ2) is 6.05. The highest BCUT2D eigenvalue weighted by Gasteiger charge is 2.14. The summed E-state index contributed by atoms with van der Waals surface area (Å²) in [4.78, 5) is 21.9. The van der Waals surface area contributed by atoms with Crippen molar-refractivity contribution in [3.63, 3.8) is 0 Å². The van der Waals surface area contributed by atoms with Crippen LogP contribution in [0.25, 0.3) is 0 Å². The van der Waals surface area contributed by atoms with Crippen molar-refractivity contribution in [1.82, 2.24) is 5.32 Å². The van der Waals surface area contributed by atoms with Crippen LogP contribution in [-0.2, 0) is 9.59 Å². The first-order valence-electron chi connectivity index (χ1n) is 5.62. The summed E-state index contributed by atoms with van der Waals surface area (Å²) in [5.41, 5.74) is 2.22. The number of carboxylic acids is 1. The second-order valence-corrected chi connectivity index (χ2v) is 4.16. The van der Waals surface area contributed by atoms with Crippen LogP contribution < -0.4 is 10.1 Å². The Hall–Kier alpha value is -2.04. The minimum atomic E-state index is -1.07. The number of ether oxygens (including phenoxy) is 1. The van der Waals surface area contributed by atoms with Crippen molar-refractivity contribution in [3.05, 3.63) is 29.3 Å². The molecular weight excluding hydrogens is 234 g/mol. The molecule has 98 valence electrons. The molecule has 2 N–H and O–H groups in total. The summed E-state index contributed by atoms with van der Waals surface area (Å²) < 4.78 is 5.28. The fourth-order valence-corrected chi connectivity index (χ4v) is 1.30. The van der Waals surface area contributed by atoms with E-state index in [0.29, 0.717) is 5.75 Å². The Morgan fingerprint density at radius 1 is 1.33 bits per heavy atom. The fraction of sp³-hybridized carbons (Fsp3) is 0.385. The zero-order valence-electron chi connectivity index (χ0n) is 10.7. The first-order valence-corrected chi connectivity index (χ1v) is 5.62. The molecule has 1 unspecified atom stereocenters. The van der Waals surface area contributed by atoms with Gasteiger partial charge < -0.3 is 15.2 Å². The van der Waals surface area contributed by atoms with Gasteiger partial charge >= 0.3 is 5.97 Å². The van der Waals surface area contributed by atoms with Gasteiger partial charge in [-0.3, -0.25) is 9.59 Å². The number of hydrogen-bond donors (Lipinski definition) is 2. The molecule has 0 spiro atoms. The number of aliphatic carboxylic acids is 1.